The molecule has 1 aliphatic rings. The molecule has 9 heteroatoms. The van der Waals surface area contributed by atoms with Crippen molar-refractivity contribution in [2.75, 3.05) is 24.6 Å². The van der Waals surface area contributed by atoms with Gasteiger partial charge in [-0.25, -0.2) is 13.8 Å². The van der Waals surface area contributed by atoms with E-state index in [0.717, 1.165) is 17.7 Å². The first kappa shape index (κ1) is 23.8. The fourth-order valence-electron chi connectivity index (χ4n) is 3.54. The van der Waals surface area contributed by atoms with E-state index in [4.69, 9.17) is 9.47 Å². The molecule has 0 saturated carbocycles. The lowest BCUT2D eigenvalue weighted by Crippen LogP contribution is -2.33. The lowest BCUT2D eigenvalue weighted by molar-refractivity contribution is -0.148. The second-order valence-corrected chi connectivity index (χ2v) is 8.05. The molecular formula is C23H26F4N2O3. The van der Waals surface area contributed by atoms with Crippen LogP contribution in [0.25, 0.3) is 0 Å². The minimum atomic E-state index is -4.21. The number of ether oxygens (including phenoxy) is 2. The topological polar surface area (TPSA) is 51.7 Å². The maximum atomic E-state index is 13.0. The summed E-state index contributed by atoms with van der Waals surface area (Å²) in [7, 11) is 0. The van der Waals surface area contributed by atoms with Gasteiger partial charge < -0.3 is 19.2 Å². The molecule has 0 radical (unpaired) electrons. The Morgan fingerprint density at radius 3 is 2.47 bits per heavy atom. The number of anilines is 1. The van der Waals surface area contributed by atoms with Crippen LogP contribution in [0.15, 0.2) is 42.6 Å². The lowest BCUT2D eigenvalue weighted by Gasteiger charge is -2.19. The number of Topliss-reactive ketones (excluding diaryl/α,β-unsaturated/α-hetero) is 1. The molecule has 174 valence electrons. The highest BCUT2D eigenvalue weighted by Crippen LogP contribution is 2.27. The summed E-state index contributed by atoms with van der Waals surface area (Å²) in [6.07, 6.45) is -1.30. The Morgan fingerprint density at radius 1 is 1.19 bits per heavy atom. The van der Waals surface area contributed by atoms with E-state index in [-0.39, 0.29) is 23.6 Å². The zero-order valence-corrected chi connectivity index (χ0v) is 17.9. The second kappa shape index (κ2) is 10.2. The Bertz CT molecular complexity index is 891. The largest absolute Gasteiger partial charge is 0.489 e. The molecule has 5 nitrogen and oxygen atoms in total. The molecule has 0 spiro atoms. The molecule has 2 aromatic rings. The van der Waals surface area contributed by atoms with Crippen LogP contribution in [0.2, 0.25) is 0 Å². The van der Waals surface area contributed by atoms with Crippen molar-refractivity contribution in [1.82, 2.24) is 4.98 Å². The first-order valence-electron chi connectivity index (χ1n) is 10.4. The molecule has 1 aromatic heterocycles. The van der Waals surface area contributed by atoms with Crippen molar-refractivity contribution in [1.29, 1.82) is 0 Å². The van der Waals surface area contributed by atoms with Crippen molar-refractivity contribution in [3.05, 3.63) is 48.2 Å². The summed E-state index contributed by atoms with van der Waals surface area (Å²) in [6, 6.07) is 10.8. The number of carbonyl (C=O) groups excluding carboxylic acids is 1. The smallest absolute Gasteiger partial charge is 0.340 e. The third-order valence-electron chi connectivity index (χ3n) is 5.29. The van der Waals surface area contributed by atoms with Crippen LogP contribution in [0, 0.1) is 0 Å². The quantitative estimate of drug-likeness (QED) is 0.468. The van der Waals surface area contributed by atoms with Gasteiger partial charge in [0, 0.05) is 19.4 Å². The maximum absolute atomic E-state index is 13.0. The van der Waals surface area contributed by atoms with E-state index in [0.29, 0.717) is 25.3 Å². The van der Waals surface area contributed by atoms with E-state index < -0.39 is 19.0 Å². The van der Waals surface area contributed by atoms with Gasteiger partial charge in [0.2, 0.25) is 0 Å². The molecule has 0 aliphatic carbocycles. The number of rotatable bonds is 10. The Morgan fingerprint density at radius 2 is 1.88 bits per heavy atom. The van der Waals surface area contributed by atoms with E-state index in [1.165, 1.54) is 12.3 Å². The van der Waals surface area contributed by atoms with Crippen molar-refractivity contribution in [3.63, 3.8) is 0 Å². The maximum Gasteiger partial charge on any atom is 0.340 e. The highest BCUT2D eigenvalue weighted by molar-refractivity contribution is 5.76. The average molecular weight is 454 g/mol. The fourth-order valence-corrected chi connectivity index (χ4v) is 3.54. The number of pyridine rings is 1. The molecule has 3 rings (SSSR count). The number of carbonyl (C=O) groups is 1. The van der Waals surface area contributed by atoms with Crippen molar-refractivity contribution in [2.24, 2.45) is 0 Å². The number of aromatic nitrogens is 1. The molecular weight excluding hydrogens is 428 g/mol. The van der Waals surface area contributed by atoms with Crippen LogP contribution in [-0.4, -0.2) is 48.9 Å². The molecule has 0 amide bonds. The Hall–Kier alpha value is -2.84. The van der Waals surface area contributed by atoms with E-state index in [1.54, 1.807) is 13.0 Å². The minimum absolute atomic E-state index is 0.000151. The van der Waals surface area contributed by atoms with Gasteiger partial charge in [-0.3, -0.25) is 0 Å². The molecule has 2 heterocycles. The molecule has 1 aliphatic heterocycles. The van der Waals surface area contributed by atoms with Crippen LogP contribution >= 0.6 is 0 Å². The Labute approximate surface area is 184 Å². The summed E-state index contributed by atoms with van der Waals surface area (Å²) in [5.41, 5.74) is 1.08. The molecule has 0 bridgehead atoms. The number of nitrogens with zero attached hydrogens (tertiary/aromatic N) is 2. The second-order valence-electron chi connectivity index (χ2n) is 8.05. The van der Waals surface area contributed by atoms with Crippen LogP contribution in [-0.2, 0) is 4.79 Å². The van der Waals surface area contributed by atoms with E-state index in [1.807, 2.05) is 36.1 Å². The summed E-state index contributed by atoms with van der Waals surface area (Å²) < 4.78 is 61.1. The first-order valence-corrected chi connectivity index (χ1v) is 10.4. The van der Waals surface area contributed by atoms with Crippen molar-refractivity contribution in [2.45, 2.75) is 51.1 Å². The Kier molecular flexibility index (Phi) is 7.58. The van der Waals surface area contributed by atoms with Crippen LogP contribution in [0.1, 0.15) is 38.2 Å². The predicted molar refractivity (Wildman–Crippen MR) is 112 cm³/mol. The van der Waals surface area contributed by atoms with Gasteiger partial charge in [0.05, 0.1) is 12.7 Å². The molecule has 1 saturated heterocycles. The third-order valence-corrected chi connectivity index (χ3v) is 5.29. The average Bonchev–Trinajstić information content (AvgIpc) is 3.21. The fraction of sp³-hybridized carbons (Fsp3) is 0.478. The van der Waals surface area contributed by atoms with Gasteiger partial charge in [0.1, 0.15) is 29.2 Å². The van der Waals surface area contributed by atoms with Crippen LogP contribution in [0.5, 0.6) is 11.5 Å². The third kappa shape index (κ3) is 6.34. The van der Waals surface area contributed by atoms with E-state index >= 15 is 0 Å². The molecule has 2 atom stereocenters. The van der Waals surface area contributed by atoms with Gasteiger partial charge in [0.15, 0.2) is 6.61 Å². The summed E-state index contributed by atoms with van der Waals surface area (Å²) in [4.78, 5) is 17.5. The van der Waals surface area contributed by atoms with Crippen molar-refractivity contribution < 1.29 is 31.8 Å². The molecule has 1 fully saturated rings. The van der Waals surface area contributed by atoms with Gasteiger partial charge in [-0.05, 0) is 42.7 Å². The molecule has 1 aromatic carbocycles. The van der Waals surface area contributed by atoms with E-state index in [9.17, 15) is 22.4 Å². The highest BCUT2D eigenvalue weighted by Gasteiger charge is 2.41. The normalized spacial score (nSPS) is 17.5. The number of alkyl halides is 4. The van der Waals surface area contributed by atoms with Gasteiger partial charge in [-0.1, -0.05) is 19.1 Å². The molecule has 0 unspecified atom stereocenters. The number of halogens is 4. The standard InChI is InChI=1S/C23H26F4N2O3/c1-15(11-16(2)30)17-3-5-18(6-4-17)32-20-9-10-29(13-20)21-8-7-19(12-28-21)31-14-23(26,27)22(24)25/h3-8,12,15,20,22H,9-11,13-14H2,1-2H3/t15-,20-/m1/s1. The van der Waals surface area contributed by atoms with Gasteiger partial charge >= 0.3 is 12.3 Å². The zero-order valence-electron chi connectivity index (χ0n) is 17.9. The van der Waals surface area contributed by atoms with Crippen LogP contribution in [0.4, 0.5) is 23.4 Å². The monoisotopic (exact) mass is 454 g/mol. The number of benzene rings is 1. The first-order chi connectivity index (χ1) is 15.1. The number of hydrogen-bond donors (Lipinski definition) is 0. The van der Waals surface area contributed by atoms with Gasteiger partial charge in [-0.2, -0.15) is 8.78 Å². The van der Waals surface area contributed by atoms with Crippen LogP contribution < -0.4 is 14.4 Å². The SMILES string of the molecule is CC(=O)C[C@@H](C)c1ccc(O[C@@H]2CCN(c3ccc(OCC(F)(F)C(F)F)cn3)C2)cc1. The summed E-state index contributed by atoms with van der Waals surface area (Å²) >= 11 is 0. The summed E-state index contributed by atoms with van der Waals surface area (Å²) in [5.74, 6) is -2.53. The zero-order chi connectivity index (χ0) is 23.3. The van der Waals surface area contributed by atoms with Gasteiger partial charge in [-0.15, -0.1) is 0 Å². The molecule has 32 heavy (non-hydrogen) atoms. The van der Waals surface area contributed by atoms with Gasteiger partial charge in [0.25, 0.3) is 0 Å². The lowest BCUT2D eigenvalue weighted by atomic mass is 9.96. The molecule has 0 N–H and O–H groups in total. The summed E-state index contributed by atoms with van der Waals surface area (Å²) in [5, 5.41) is 0. The van der Waals surface area contributed by atoms with E-state index in [2.05, 4.69) is 4.98 Å². The van der Waals surface area contributed by atoms with Crippen LogP contribution in [0.3, 0.4) is 0 Å². The minimum Gasteiger partial charge on any atom is -0.489 e. The predicted octanol–water partition coefficient (Wildman–Crippen LogP) is 5.10. The highest BCUT2D eigenvalue weighted by atomic mass is 19.3. The number of hydrogen-bond acceptors (Lipinski definition) is 5. The summed E-state index contributed by atoms with van der Waals surface area (Å²) in [6.45, 7) is 3.49. The van der Waals surface area contributed by atoms with Crippen molar-refractivity contribution >= 4 is 11.6 Å². The Balaban J connectivity index is 1.50. The number of ketones is 1. The van der Waals surface area contributed by atoms with Crippen molar-refractivity contribution in [3.8, 4) is 11.5 Å².